The van der Waals surface area contributed by atoms with Crippen LogP contribution in [0, 0.1) is 0 Å². The second-order valence-corrected chi connectivity index (χ2v) is 6.27. The fraction of sp³-hybridized carbons (Fsp3) is 0.556. The summed E-state index contributed by atoms with van der Waals surface area (Å²) in [4.78, 5) is 8.27. The van der Waals surface area contributed by atoms with E-state index >= 15 is 0 Å². The van der Waals surface area contributed by atoms with Crippen LogP contribution in [0.2, 0.25) is 0 Å². The average molecular weight is 338 g/mol. The molecule has 0 saturated heterocycles. The first-order valence-electron chi connectivity index (χ1n) is 5.40. The summed E-state index contributed by atoms with van der Waals surface area (Å²) in [5, 5.41) is 5.92. The van der Waals surface area contributed by atoms with Crippen LogP contribution in [0.1, 0.15) is 6.92 Å². The van der Waals surface area contributed by atoms with Gasteiger partial charge in [0.1, 0.15) is 5.82 Å². The number of aromatic nitrogens is 2. The summed E-state index contributed by atoms with van der Waals surface area (Å²) in [5.74, 6) is 1.04. The summed E-state index contributed by atoms with van der Waals surface area (Å²) in [6.07, 6.45) is 1.61. The van der Waals surface area contributed by atoms with Crippen molar-refractivity contribution in [3.8, 4) is 0 Å². The zero-order valence-corrected chi connectivity index (χ0v) is 12.6. The van der Waals surface area contributed by atoms with E-state index in [0.29, 0.717) is 16.2 Å². The molecule has 0 atom stereocenters. The van der Waals surface area contributed by atoms with E-state index in [0.717, 1.165) is 6.54 Å². The zero-order valence-electron chi connectivity index (χ0n) is 10.2. The number of anilines is 2. The minimum atomic E-state index is -3.21. The number of rotatable bonds is 7. The number of hydrogen-bond donors (Lipinski definition) is 3. The van der Waals surface area contributed by atoms with E-state index in [1.807, 2.05) is 6.92 Å². The summed E-state index contributed by atoms with van der Waals surface area (Å²) in [5.41, 5.74) is 0. The number of nitrogens with one attached hydrogen (secondary N) is 3. The van der Waals surface area contributed by atoms with Crippen molar-refractivity contribution in [3.63, 3.8) is 0 Å². The van der Waals surface area contributed by atoms with Crippen molar-refractivity contribution in [1.82, 2.24) is 14.7 Å². The molecule has 0 bridgehead atoms. The zero-order chi connectivity index (χ0) is 13.6. The highest BCUT2D eigenvalue weighted by molar-refractivity contribution is 9.10. The predicted octanol–water partition coefficient (Wildman–Crippen LogP) is 0.632. The van der Waals surface area contributed by atoms with E-state index in [1.54, 1.807) is 6.20 Å². The Hall–Kier alpha value is -0.930. The van der Waals surface area contributed by atoms with Gasteiger partial charge in [0.15, 0.2) is 0 Å². The van der Waals surface area contributed by atoms with Crippen molar-refractivity contribution >= 4 is 37.7 Å². The molecule has 0 amide bonds. The molecule has 1 heterocycles. The molecular weight excluding hydrogens is 322 g/mol. The van der Waals surface area contributed by atoms with Gasteiger partial charge in [-0.05, 0) is 29.9 Å². The second kappa shape index (κ2) is 6.86. The Morgan fingerprint density at radius 3 is 2.72 bits per heavy atom. The maximum absolute atomic E-state index is 11.2. The van der Waals surface area contributed by atoms with E-state index in [2.05, 4.69) is 41.3 Å². The quantitative estimate of drug-likeness (QED) is 0.675. The van der Waals surface area contributed by atoms with Gasteiger partial charge in [0.05, 0.1) is 10.2 Å². The maximum Gasteiger partial charge on any atom is 0.224 e. The summed E-state index contributed by atoms with van der Waals surface area (Å²) in [6, 6.07) is 0. The predicted molar refractivity (Wildman–Crippen MR) is 75.2 cm³/mol. The van der Waals surface area contributed by atoms with Gasteiger partial charge in [0.25, 0.3) is 0 Å². The van der Waals surface area contributed by atoms with E-state index in [1.165, 1.54) is 7.05 Å². The third kappa shape index (κ3) is 4.75. The lowest BCUT2D eigenvalue weighted by atomic mass is 10.5. The molecule has 3 N–H and O–H groups in total. The molecule has 0 aliphatic heterocycles. The Bertz CT molecular complexity index is 494. The Labute approximate surface area is 115 Å². The van der Waals surface area contributed by atoms with Crippen LogP contribution in [0.25, 0.3) is 0 Å². The summed E-state index contributed by atoms with van der Waals surface area (Å²) in [6.45, 7) is 2.93. The van der Waals surface area contributed by atoms with Gasteiger partial charge in [0, 0.05) is 19.3 Å². The molecule has 0 fully saturated rings. The molecule has 0 aliphatic rings. The lowest BCUT2D eigenvalue weighted by Crippen LogP contribution is -2.26. The first kappa shape index (κ1) is 15.1. The van der Waals surface area contributed by atoms with E-state index in [4.69, 9.17) is 0 Å². The first-order valence-corrected chi connectivity index (χ1v) is 7.84. The molecule has 7 nitrogen and oxygen atoms in total. The Balaban J connectivity index is 2.64. The minimum Gasteiger partial charge on any atom is -0.368 e. The molecule has 0 saturated carbocycles. The van der Waals surface area contributed by atoms with Crippen LogP contribution in [-0.2, 0) is 10.0 Å². The number of sulfonamides is 1. The summed E-state index contributed by atoms with van der Waals surface area (Å²) < 4.78 is 25.4. The van der Waals surface area contributed by atoms with Gasteiger partial charge in [-0.15, -0.1) is 0 Å². The van der Waals surface area contributed by atoms with E-state index in [9.17, 15) is 8.42 Å². The maximum atomic E-state index is 11.2. The molecule has 0 radical (unpaired) electrons. The molecule has 1 rings (SSSR count). The number of halogens is 1. The molecule has 0 unspecified atom stereocenters. The lowest BCUT2D eigenvalue weighted by molar-refractivity contribution is 0.588. The molecule has 0 aliphatic carbocycles. The highest BCUT2D eigenvalue weighted by Gasteiger charge is 2.08. The van der Waals surface area contributed by atoms with Crippen LogP contribution in [0.5, 0.6) is 0 Å². The Morgan fingerprint density at radius 2 is 2.11 bits per heavy atom. The van der Waals surface area contributed by atoms with Crippen LogP contribution in [0.4, 0.5) is 11.8 Å². The highest BCUT2D eigenvalue weighted by atomic mass is 79.9. The topological polar surface area (TPSA) is 96.0 Å². The molecule has 18 heavy (non-hydrogen) atoms. The SMILES string of the molecule is CCNc1ncc(Br)c(NCCS(=O)(=O)NC)n1. The van der Waals surface area contributed by atoms with Crippen LogP contribution in [0.15, 0.2) is 10.7 Å². The van der Waals surface area contributed by atoms with Gasteiger partial charge in [-0.2, -0.15) is 4.98 Å². The molecule has 102 valence electrons. The fourth-order valence-electron chi connectivity index (χ4n) is 1.14. The molecule has 0 spiro atoms. The van der Waals surface area contributed by atoms with Crippen molar-refractivity contribution in [1.29, 1.82) is 0 Å². The van der Waals surface area contributed by atoms with Crippen molar-refractivity contribution < 1.29 is 8.42 Å². The van der Waals surface area contributed by atoms with Crippen molar-refractivity contribution in [3.05, 3.63) is 10.7 Å². The Morgan fingerprint density at radius 1 is 1.39 bits per heavy atom. The number of hydrogen-bond acceptors (Lipinski definition) is 6. The molecule has 1 aromatic heterocycles. The first-order chi connectivity index (χ1) is 8.48. The van der Waals surface area contributed by atoms with E-state index < -0.39 is 10.0 Å². The van der Waals surface area contributed by atoms with Crippen molar-refractivity contribution in [2.45, 2.75) is 6.92 Å². The summed E-state index contributed by atoms with van der Waals surface area (Å²) in [7, 11) is -1.82. The van der Waals surface area contributed by atoms with Crippen LogP contribution >= 0.6 is 15.9 Å². The fourth-order valence-corrected chi connectivity index (χ4v) is 2.05. The van der Waals surface area contributed by atoms with Crippen LogP contribution in [-0.4, -0.2) is 44.3 Å². The number of nitrogens with zero attached hydrogens (tertiary/aromatic N) is 2. The minimum absolute atomic E-state index is 0.0174. The van der Waals surface area contributed by atoms with Gasteiger partial charge in [-0.1, -0.05) is 0 Å². The second-order valence-electron chi connectivity index (χ2n) is 3.37. The van der Waals surface area contributed by atoms with Gasteiger partial charge in [-0.3, -0.25) is 0 Å². The van der Waals surface area contributed by atoms with Crippen molar-refractivity contribution in [2.75, 3.05) is 36.5 Å². The van der Waals surface area contributed by atoms with Gasteiger partial charge in [0.2, 0.25) is 16.0 Å². The smallest absolute Gasteiger partial charge is 0.224 e. The van der Waals surface area contributed by atoms with Crippen molar-refractivity contribution in [2.24, 2.45) is 0 Å². The normalized spacial score (nSPS) is 11.3. The monoisotopic (exact) mass is 337 g/mol. The largest absolute Gasteiger partial charge is 0.368 e. The van der Waals surface area contributed by atoms with Gasteiger partial charge in [-0.25, -0.2) is 18.1 Å². The van der Waals surface area contributed by atoms with E-state index in [-0.39, 0.29) is 12.3 Å². The molecule has 0 aromatic carbocycles. The third-order valence-electron chi connectivity index (χ3n) is 2.05. The van der Waals surface area contributed by atoms with Gasteiger partial charge < -0.3 is 10.6 Å². The average Bonchev–Trinajstić information content (AvgIpc) is 2.33. The Kier molecular flexibility index (Phi) is 5.76. The molecular formula is C9H16BrN5O2S. The van der Waals surface area contributed by atoms with Crippen LogP contribution < -0.4 is 15.4 Å². The van der Waals surface area contributed by atoms with Crippen LogP contribution in [0.3, 0.4) is 0 Å². The lowest BCUT2D eigenvalue weighted by Gasteiger charge is -2.09. The standard InChI is InChI=1S/C9H16BrN5O2S/c1-3-12-9-14-6-7(10)8(15-9)13-4-5-18(16,17)11-2/h6,11H,3-5H2,1-2H3,(H2,12,13,14,15). The summed E-state index contributed by atoms with van der Waals surface area (Å²) >= 11 is 3.30. The molecule has 9 heteroatoms. The highest BCUT2D eigenvalue weighted by Crippen LogP contribution is 2.19. The molecule has 1 aromatic rings. The van der Waals surface area contributed by atoms with Gasteiger partial charge >= 0.3 is 0 Å². The third-order valence-corrected chi connectivity index (χ3v) is 4.00.